The molecule has 1 aromatic heterocycles. The van der Waals surface area contributed by atoms with E-state index in [1.165, 1.54) is 0 Å². The Morgan fingerprint density at radius 3 is 2.75 bits per heavy atom. The topological polar surface area (TPSA) is 48.4 Å². The minimum Gasteiger partial charge on any atom is -0.490 e. The van der Waals surface area contributed by atoms with Crippen molar-refractivity contribution in [1.29, 1.82) is 0 Å². The van der Waals surface area contributed by atoms with Gasteiger partial charge < -0.3 is 9.47 Å². The fourth-order valence-electron chi connectivity index (χ4n) is 1.22. The summed E-state index contributed by atoms with van der Waals surface area (Å²) >= 11 is 0. The standard InChI is InChI=1S/C12H17NO3/c1-3-15-6-7-16-12-5-4-11(13-9-12)8-10(2)14/h4-5,9H,3,6-8H2,1-2H3. The van der Waals surface area contributed by atoms with Crippen LogP contribution in [0.2, 0.25) is 0 Å². The van der Waals surface area contributed by atoms with Gasteiger partial charge in [0.2, 0.25) is 0 Å². The lowest BCUT2D eigenvalue weighted by molar-refractivity contribution is -0.116. The fraction of sp³-hybridized carbons (Fsp3) is 0.500. The normalized spacial score (nSPS) is 10.1. The van der Waals surface area contributed by atoms with Crippen molar-refractivity contribution in [2.24, 2.45) is 0 Å². The second-order valence-electron chi connectivity index (χ2n) is 3.41. The van der Waals surface area contributed by atoms with Crippen molar-refractivity contribution >= 4 is 5.78 Å². The average Bonchev–Trinajstić information content (AvgIpc) is 2.26. The van der Waals surface area contributed by atoms with E-state index in [1.807, 2.05) is 13.0 Å². The predicted molar refractivity (Wildman–Crippen MR) is 60.6 cm³/mol. The van der Waals surface area contributed by atoms with Gasteiger partial charge in [0.05, 0.1) is 12.8 Å². The number of carbonyl (C=O) groups excluding carboxylic acids is 1. The zero-order valence-corrected chi connectivity index (χ0v) is 9.73. The van der Waals surface area contributed by atoms with Crippen LogP contribution in [0.1, 0.15) is 19.5 Å². The molecule has 1 heterocycles. The highest BCUT2D eigenvalue weighted by Gasteiger charge is 2.00. The molecule has 0 amide bonds. The van der Waals surface area contributed by atoms with Crippen LogP contribution < -0.4 is 4.74 Å². The Labute approximate surface area is 95.6 Å². The quantitative estimate of drug-likeness (QED) is 0.659. The summed E-state index contributed by atoms with van der Waals surface area (Å²) in [6, 6.07) is 3.62. The highest BCUT2D eigenvalue weighted by molar-refractivity contribution is 5.77. The van der Waals surface area contributed by atoms with Crippen molar-refractivity contribution in [3.05, 3.63) is 24.0 Å². The van der Waals surface area contributed by atoms with Crippen LogP contribution in [0.15, 0.2) is 18.3 Å². The van der Waals surface area contributed by atoms with E-state index < -0.39 is 0 Å². The van der Waals surface area contributed by atoms with E-state index in [2.05, 4.69) is 4.98 Å². The van der Waals surface area contributed by atoms with Crippen LogP contribution in [0.4, 0.5) is 0 Å². The van der Waals surface area contributed by atoms with Crippen LogP contribution in [0, 0.1) is 0 Å². The Kier molecular flexibility index (Phi) is 5.50. The SMILES string of the molecule is CCOCCOc1ccc(CC(C)=O)nc1. The van der Waals surface area contributed by atoms with Gasteiger partial charge in [0.15, 0.2) is 0 Å². The second kappa shape index (κ2) is 6.95. The molecule has 0 aliphatic carbocycles. The molecule has 1 aromatic rings. The molecule has 0 aliphatic rings. The lowest BCUT2D eigenvalue weighted by Gasteiger charge is -2.06. The average molecular weight is 223 g/mol. The highest BCUT2D eigenvalue weighted by atomic mass is 16.5. The first-order valence-corrected chi connectivity index (χ1v) is 5.37. The van der Waals surface area contributed by atoms with Gasteiger partial charge in [0, 0.05) is 18.7 Å². The number of carbonyl (C=O) groups is 1. The molecule has 1 rings (SSSR count). The monoisotopic (exact) mass is 223 g/mol. The molecule has 0 unspecified atom stereocenters. The van der Waals surface area contributed by atoms with E-state index in [1.54, 1.807) is 19.2 Å². The molecular formula is C12H17NO3. The number of nitrogens with zero attached hydrogens (tertiary/aromatic N) is 1. The molecule has 0 aromatic carbocycles. The van der Waals surface area contributed by atoms with Gasteiger partial charge in [-0.05, 0) is 26.0 Å². The van der Waals surface area contributed by atoms with Crippen molar-refractivity contribution in [2.45, 2.75) is 20.3 Å². The van der Waals surface area contributed by atoms with Gasteiger partial charge >= 0.3 is 0 Å². The molecular weight excluding hydrogens is 206 g/mol. The maximum Gasteiger partial charge on any atom is 0.137 e. The lowest BCUT2D eigenvalue weighted by Crippen LogP contribution is -2.06. The van der Waals surface area contributed by atoms with Gasteiger partial charge in [0.1, 0.15) is 18.1 Å². The summed E-state index contributed by atoms with van der Waals surface area (Å²) in [5.74, 6) is 0.810. The summed E-state index contributed by atoms with van der Waals surface area (Å²) in [5, 5.41) is 0. The Morgan fingerprint density at radius 1 is 1.38 bits per heavy atom. The first-order valence-electron chi connectivity index (χ1n) is 5.37. The van der Waals surface area contributed by atoms with Gasteiger partial charge in [-0.3, -0.25) is 9.78 Å². The molecule has 0 radical (unpaired) electrons. The Morgan fingerprint density at radius 2 is 2.19 bits per heavy atom. The Balaban J connectivity index is 2.36. The first-order chi connectivity index (χ1) is 7.72. The predicted octanol–water partition coefficient (Wildman–Crippen LogP) is 1.63. The largest absolute Gasteiger partial charge is 0.490 e. The molecule has 16 heavy (non-hydrogen) atoms. The summed E-state index contributed by atoms with van der Waals surface area (Å²) in [6.07, 6.45) is 2.00. The molecule has 0 bridgehead atoms. The molecule has 0 N–H and O–H groups in total. The van der Waals surface area contributed by atoms with Crippen molar-refractivity contribution in [1.82, 2.24) is 4.98 Å². The van der Waals surface area contributed by atoms with Crippen molar-refractivity contribution in [2.75, 3.05) is 19.8 Å². The van der Waals surface area contributed by atoms with Gasteiger partial charge in [-0.25, -0.2) is 0 Å². The molecule has 0 saturated heterocycles. The maximum absolute atomic E-state index is 10.9. The van der Waals surface area contributed by atoms with E-state index in [-0.39, 0.29) is 5.78 Å². The molecule has 4 heteroatoms. The summed E-state index contributed by atoms with van der Waals surface area (Å²) in [4.78, 5) is 15.0. The minimum atomic E-state index is 0.109. The van der Waals surface area contributed by atoms with Crippen LogP contribution in [0.3, 0.4) is 0 Å². The summed E-state index contributed by atoms with van der Waals surface area (Å²) < 4.78 is 10.5. The second-order valence-corrected chi connectivity index (χ2v) is 3.41. The molecule has 0 spiro atoms. The van der Waals surface area contributed by atoms with Crippen molar-refractivity contribution in [3.63, 3.8) is 0 Å². The number of Topliss-reactive ketones (excluding diaryl/α,β-unsaturated/α-hetero) is 1. The highest BCUT2D eigenvalue weighted by Crippen LogP contribution is 2.09. The van der Waals surface area contributed by atoms with E-state index in [0.717, 1.165) is 5.69 Å². The fourth-order valence-corrected chi connectivity index (χ4v) is 1.22. The number of ether oxygens (including phenoxy) is 2. The van der Waals surface area contributed by atoms with Crippen LogP contribution >= 0.6 is 0 Å². The van der Waals surface area contributed by atoms with E-state index in [0.29, 0.717) is 32.0 Å². The number of pyridine rings is 1. The van der Waals surface area contributed by atoms with Crippen LogP contribution in [-0.4, -0.2) is 30.6 Å². The summed E-state index contributed by atoms with van der Waals surface area (Å²) in [7, 11) is 0. The van der Waals surface area contributed by atoms with Crippen LogP contribution in [-0.2, 0) is 16.0 Å². The number of hydrogen-bond acceptors (Lipinski definition) is 4. The van der Waals surface area contributed by atoms with Gasteiger partial charge in [0.25, 0.3) is 0 Å². The minimum absolute atomic E-state index is 0.109. The zero-order valence-electron chi connectivity index (χ0n) is 9.73. The lowest BCUT2D eigenvalue weighted by atomic mass is 10.2. The zero-order chi connectivity index (χ0) is 11.8. The third-order valence-electron chi connectivity index (χ3n) is 1.93. The van der Waals surface area contributed by atoms with Crippen molar-refractivity contribution in [3.8, 4) is 5.75 Å². The van der Waals surface area contributed by atoms with E-state index in [9.17, 15) is 4.79 Å². The Hall–Kier alpha value is -1.42. The number of aromatic nitrogens is 1. The molecule has 4 nitrogen and oxygen atoms in total. The first kappa shape index (κ1) is 12.6. The molecule has 0 fully saturated rings. The summed E-state index contributed by atoms with van der Waals surface area (Å²) in [6.45, 7) is 5.28. The molecule has 0 saturated carbocycles. The van der Waals surface area contributed by atoms with E-state index >= 15 is 0 Å². The molecule has 0 atom stereocenters. The van der Waals surface area contributed by atoms with Gasteiger partial charge in [-0.2, -0.15) is 0 Å². The van der Waals surface area contributed by atoms with Gasteiger partial charge in [-0.15, -0.1) is 0 Å². The molecule has 0 aliphatic heterocycles. The van der Waals surface area contributed by atoms with Gasteiger partial charge in [-0.1, -0.05) is 0 Å². The van der Waals surface area contributed by atoms with Crippen molar-refractivity contribution < 1.29 is 14.3 Å². The maximum atomic E-state index is 10.9. The third kappa shape index (κ3) is 4.89. The number of hydrogen-bond donors (Lipinski definition) is 0. The summed E-state index contributed by atoms with van der Waals surface area (Å²) in [5.41, 5.74) is 0.768. The third-order valence-corrected chi connectivity index (χ3v) is 1.93. The van der Waals surface area contributed by atoms with Crippen LogP contribution in [0.25, 0.3) is 0 Å². The number of ketones is 1. The molecule has 88 valence electrons. The van der Waals surface area contributed by atoms with E-state index in [4.69, 9.17) is 9.47 Å². The smallest absolute Gasteiger partial charge is 0.137 e. The number of rotatable bonds is 7. The Bertz CT molecular complexity index is 322. The van der Waals surface area contributed by atoms with Crippen LogP contribution in [0.5, 0.6) is 5.75 Å².